The lowest BCUT2D eigenvalue weighted by atomic mass is 9.96. The number of halogens is 1. The Bertz CT molecular complexity index is 1080. The third-order valence-electron chi connectivity index (χ3n) is 3.87. The third kappa shape index (κ3) is 3.55. The lowest BCUT2D eigenvalue weighted by molar-refractivity contribution is 0.373. The van der Waals surface area contributed by atoms with Crippen LogP contribution in [0.15, 0.2) is 46.3 Å². The minimum absolute atomic E-state index is 0.162. The summed E-state index contributed by atoms with van der Waals surface area (Å²) in [6, 6.07) is 6.09. The van der Waals surface area contributed by atoms with E-state index in [1.165, 1.54) is 30.2 Å². The fraction of sp³-hybridized carbons (Fsp3) is 0.278. The summed E-state index contributed by atoms with van der Waals surface area (Å²) in [6.45, 7) is 6.10. The second kappa shape index (κ2) is 6.73. The summed E-state index contributed by atoms with van der Waals surface area (Å²) in [5.74, 6) is 1.42. The Morgan fingerprint density at radius 2 is 1.93 bits per heavy atom. The van der Waals surface area contributed by atoms with E-state index in [-0.39, 0.29) is 11.2 Å². The van der Waals surface area contributed by atoms with Crippen LogP contribution in [-0.2, 0) is 11.2 Å². The van der Waals surface area contributed by atoms with Gasteiger partial charge in [-0.25, -0.2) is 19.0 Å². The minimum atomic E-state index is -0.296. The molecule has 7 nitrogen and oxygen atoms in total. The molecule has 0 unspecified atom stereocenters. The van der Waals surface area contributed by atoms with Gasteiger partial charge in [0.2, 0.25) is 5.89 Å². The molecule has 1 aromatic carbocycles. The van der Waals surface area contributed by atoms with Crippen molar-refractivity contribution in [2.24, 2.45) is 0 Å². The molecule has 0 saturated carbocycles. The predicted molar refractivity (Wildman–Crippen MR) is 99.2 cm³/mol. The third-order valence-corrected chi connectivity index (χ3v) is 4.86. The van der Waals surface area contributed by atoms with Crippen molar-refractivity contribution < 1.29 is 8.91 Å². The minimum Gasteiger partial charge on any atom is -0.338 e. The molecule has 138 valence electrons. The van der Waals surface area contributed by atoms with Gasteiger partial charge in [0.1, 0.15) is 17.2 Å². The van der Waals surface area contributed by atoms with Crippen molar-refractivity contribution in [3.05, 3.63) is 54.3 Å². The van der Waals surface area contributed by atoms with Gasteiger partial charge in [-0.05, 0) is 24.3 Å². The first-order chi connectivity index (χ1) is 12.9. The van der Waals surface area contributed by atoms with E-state index in [0.717, 1.165) is 16.1 Å². The molecule has 0 N–H and O–H groups in total. The van der Waals surface area contributed by atoms with Crippen LogP contribution in [0.4, 0.5) is 4.39 Å². The molecule has 0 atom stereocenters. The fourth-order valence-electron chi connectivity index (χ4n) is 2.46. The first-order valence-corrected chi connectivity index (χ1v) is 9.31. The SMILES string of the molecule is CC(C)(C)c1noc(CSc2ncnc3c2cnn3-c2ccc(F)cc2)n1. The molecular weight excluding hydrogens is 367 g/mol. The second-order valence-corrected chi connectivity index (χ2v) is 7.96. The number of aromatic nitrogens is 6. The van der Waals surface area contributed by atoms with Crippen molar-refractivity contribution in [1.82, 2.24) is 29.9 Å². The number of hydrogen-bond donors (Lipinski definition) is 0. The number of thioether (sulfide) groups is 1. The molecule has 9 heteroatoms. The Morgan fingerprint density at radius 1 is 1.15 bits per heavy atom. The van der Waals surface area contributed by atoms with Crippen LogP contribution in [0.25, 0.3) is 16.7 Å². The lowest BCUT2D eigenvalue weighted by Crippen LogP contribution is -2.13. The maximum Gasteiger partial charge on any atom is 0.237 e. The van der Waals surface area contributed by atoms with E-state index in [1.54, 1.807) is 23.0 Å². The molecular formula is C18H17FN6OS. The van der Waals surface area contributed by atoms with Crippen LogP contribution in [0.5, 0.6) is 0 Å². The van der Waals surface area contributed by atoms with E-state index in [0.29, 0.717) is 23.1 Å². The van der Waals surface area contributed by atoms with Crippen molar-refractivity contribution >= 4 is 22.8 Å². The van der Waals surface area contributed by atoms with E-state index in [4.69, 9.17) is 4.52 Å². The summed E-state index contributed by atoms with van der Waals surface area (Å²) in [5.41, 5.74) is 1.22. The Hall–Kier alpha value is -2.81. The molecule has 0 aliphatic rings. The highest BCUT2D eigenvalue weighted by atomic mass is 32.2. The summed E-state index contributed by atoms with van der Waals surface area (Å²) >= 11 is 1.48. The van der Waals surface area contributed by atoms with Gasteiger partial charge in [0.15, 0.2) is 11.5 Å². The maximum absolute atomic E-state index is 13.2. The zero-order chi connectivity index (χ0) is 19.0. The van der Waals surface area contributed by atoms with Crippen LogP contribution in [0, 0.1) is 5.82 Å². The average Bonchev–Trinajstić information content (AvgIpc) is 3.28. The molecule has 4 aromatic rings. The number of hydrogen-bond acceptors (Lipinski definition) is 7. The molecule has 0 aliphatic heterocycles. The van der Waals surface area contributed by atoms with Gasteiger partial charge in [-0.3, -0.25) is 0 Å². The average molecular weight is 384 g/mol. The smallest absolute Gasteiger partial charge is 0.237 e. The molecule has 0 fully saturated rings. The van der Waals surface area contributed by atoms with Gasteiger partial charge in [-0.2, -0.15) is 10.1 Å². The zero-order valence-electron chi connectivity index (χ0n) is 15.0. The highest BCUT2D eigenvalue weighted by molar-refractivity contribution is 7.98. The Kier molecular flexibility index (Phi) is 4.39. The van der Waals surface area contributed by atoms with E-state index >= 15 is 0 Å². The normalized spacial score (nSPS) is 12.0. The van der Waals surface area contributed by atoms with Crippen LogP contribution < -0.4 is 0 Å². The number of benzene rings is 1. The molecule has 0 saturated heterocycles. The zero-order valence-corrected chi connectivity index (χ0v) is 15.9. The molecule has 3 heterocycles. The molecule has 0 aliphatic carbocycles. The van der Waals surface area contributed by atoms with E-state index in [2.05, 4.69) is 25.2 Å². The van der Waals surface area contributed by atoms with Gasteiger partial charge < -0.3 is 4.52 Å². The van der Waals surface area contributed by atoms with Crippen LogP contribution in [-0.4, -0.2) is 29.9 Å². The maximum atomic E-state index is 13.2. The largest absolute Gasteiger partial charge is 0.338 e. The van der Waals surface area contributed by atoms with Crippen molar-refractivity contribution in [3.63, 3.8) is 0 Å². The molecule has 0 spiro atoms. The fourth-order valence-corrected chi connectivity index (χ4v) is 3.26. The molecule has 3 aromatic heterocycles. The number of nitrogens with zero attached hydrogens (tertiary/aromatic N) is 6. The summed E-state index contributed by atoms with van der Waals surface area (Å²) < 4.78 is 20.2. The molecule has 0 radical (unpaired) electrons. The summed E-state index contributed by atoms with van der Waals surface area (Å²) in [7, 11) is 0. The van der Waals surface area contributed by atoms with Crippen molar-refractivity contribution in [3.8, 4) is 5.69 Å². The molecule has 0 amide bonds. The molecule has 4 rings (SSSR count). The van der Waals surface area contributed by atoms with Crippen LogP contribution in [0.1, 0.15) is 32.5 Å². The van der Waals surface area contributed by atoms with Gasteiger partial charge in [-0.15, -0.1) is 0 Å². The Balaban J connectivity index is 1.60. The summed E-state index contributed by atoms with van der Waals surface area (Å²) in [4.78, 5) is 13.1. The van der Waals surface area contributed by atoms with E-state index in [1.807, 2.05) is 20.8 Å². The monoisotopic (exact) mass is 384 g/mol. The Labute approximate surface area is 159 Å². The number of rotatable bonds is 4. The van der Waals surface area contributed by atoms with Crippen LogP contribution in [0.2, 0.25) is 0 Å². The topological polar surface area (TPSA) is 82.5 Å². The standard InChI is InChI=1S/C18H17FN6OS/c1-18(2,3)17-23-14(26-24-17)9-27-16-13-8-22-25(15(13)20-10-21-16)12-6-4-11(19)5-7-12/h4-8,10H,9H2,1-3H3. The summed E-state index contributed by atoms with van der Waals surface area (Å²) in [6.07, 6.45) is 3.19. The van der Waals surface area contributed by atoms with Crippen molar-refractivity contribution in [1.29, 1.82) is 0 Å². The molecule has 27 heavy (non-hydrogen) atoms. The van der Waals surface area contributed by atoms with Crippen LogP contribution >= 0.6 is 11.8 Å². The second-order valence-electron chi connectivity index (χ2n) is 7.00. The lowest BCUT2D eigenvalue weighted by Gasteiger charge is -2.10. The first kappa shape index (κ1) is 17.6. The van der Waals surface area contributed by atoms with E-state index < -0.39 is 0 Å². The quantitative estimate of drug-likeness (QED) is 0.389. The first-order valence-electron chi connectivity index (χ1n) is 8.32. The summed E-state index contributed by atoms with van der Waals surface area (Å²) in [5, 5.41) is 9.98. The van der Waals surface area contributed by atoms with Crippen molar-refractivity contribution in [2.75, 3.05) is 0 Å². The van der Waals surface area contributed by atoms with Crippen LogP contribution in [0.3, 0.4) is 0 Å². The van der Waals surface area contributed by atoms with Gasteiger partial charge in [0.05, 0.1) is 23.0 Å². The van der Waals surface area contributed by atoms with E-state index in [9.17, 15) is 4.39 Å². The van der Waals surface area contributed by atoms with Gasteiger partial charge >= 0.3 is 0 Å². The van der Waals surface area contributed by atoms with Gasteiger partial charge in [0, 0.05) is 5.41 Å². The molecule has 0 bridgehead atoms. The van der Waals surface area contributed by atoms with Gasteiger partial charge in [0.25, 0.3) is 0 Å². The highest BCUT2D eigenvalue weighted by Crippen LogP contribution is 2.28. The van der Waals surface area contributed by atoms with Crippen molar-refractivity contribution in [2.45, 2.75) is 37.0 Å². The predicted octanol–water partition coefficient (Wildman–Crippen LogP) is 3.93. The highest BCUT2D eigenvalue weighted by Gasteiger charge is 2.21. The van der Waals surface area contributed by atoms with Gasteiger partial charge in [-0.1, -0.05) is 37.7 Å². The number of fused-ring (bicyclic) bond motifs is 1. The Morgan fingerprint density at radius 3 is 2.63 bits per heavy atom.